The summed E-state index contributed by atoms with van der Waals surface area (Å²) in [7, 11) is 1.81. The monoisotopic (exact) mass is 1070 g/mol. The molecule has 0 aliphatic heterocycles. The van der Waals surface area contributed by atoms with Crippen molar-refractivity contribution in [1.29, 1.82) is 0 Å². The average Bonchev–Trinajstić information content (AvgIpc) is 3.49. The van der Waals surface area contributed by atoms with Crippen LogP contribution in [0.5, 0.6) is 0 Å². The highest BCUT2D eigenvalue weighted by molar-refractivity contribution is 6.04. The molecule has 9 nitrogen and oxygen atoms in total. The van der Waals surface area contributed by atoms with E-state index in [1.165, 1.54) is 25.7 Å². The molecule has 5 aromatic carbocycles. The zero-order valence-corrected chi connectivity index (χ0v) is 54.4. The van der Waals surface area contributed by atoms with Gasteiger partial charge in [-0.1, -0.05) is 241 Å². The highest BCUT2D eigenvalue weighted by atomic mass is 16.2. The summed E-state index contributed by atoms with van der Waals surface area (Å²) in [4.78, 5) is 48.1. The van der Waals surface area contributed by atoms with Crippen LogP contribution in [0.4, 0.5) is 42.8 Å². The van der Waals surface area contributed by atoms with E-state index in [9.17, 15) is 14.4 Å². The van der Waals surface area contributed by atoms with E-state index in [2.05, 4.69) is 55.4 Å². The van der Waals surface area contributed by atoms with Crippen molar-refractivity contribution in [3.8, 4) is 0 Å². The quantitative estimate of drug-likeness (QED) is 0.132. The molecule has 440 valence electrons. The van der Waals surface area contributed by atoms with Gasteiger partial charge in [0.25, 0.3) is 0 Å². The van der Waals surface area contributed by atoms with Crippen molar-refractivity contribution in [2.45, 2.75) is 192 Å². The van der Waals surface area contributed by atoms with E-state index in [0.29, 0.717) is 32.7 Å². The number of hydrogen-bond acceptors (Lipinski definition) is 3. The van der Waals surface area contributed by atoms with Crippen molar-refractivity contribution >= 4 is 46.5 Å². The number of amides is 6. The molecule has 9 heteroatoms. The molecule has 0 heterocycles. The number of para-hydroxylation sites is 5. The number of nitrogens with zero attached hydrogens (tertiary/aromatic N) is 6. The van der Waals surface area contributed by atoms with Gasteiger partial charge in [0.15, 0.2) is 0 Å². The van der Waals surface area contributed by atoms with Gasteiger partial charge in [-0.2, -0.15) is 0 Å². The highest BCUT2D eigenvalue weighted by Gasteiger charge is 2.22. The van der Waals surface area contributed by atoms with E-state index in [1.807, 2.05) is 269 Å². The Hall–Kier alpha value is -6.09. The second-order valence-electron chi connectivity index (χ2n) is 15.1. The van der Waals surface area contributed by atoms with Crippen LogP contribution < -0.4 is 24.5 Å². The third-order valence-electron chi connectivity index (χ3n) is 8.88. The summed E-state index contributed by atoms with van der Waals surface area (Å²) >= 11 is 0. The summed E-state index contributed by atoms with van der Waals surface area (Å²) in [6, 6.07) is 48.9. The highest BCUT2D eigenvalue weighted by Crippen LogP contribution is 2.22. The fourth-order valence-electron chi connectivity index (χ4n) is 5.81. The lowest BCUT2D eigenvalue weighted by atomic mass is 10.2. The minimum absolute atomic E-state index is 0.00685. The Kier molecular flexibility index (Phi) is 72.8. The zero-order valence-electron chi connectivity index (χ0n) is 54.4. The van der Waals surface area contributed by atoms with Crippen molar-refractivity contribution in [1.82, 2.24) is 4.90 Å². The molecule has 0 bridgehead atoms. The molecule has 5 aromatic rings. The summed E-state index contributed by atoms with van der Waals surface area (Å²) in [5, 5.41) is 0. The topological polar surface area (TPSA) is 70.7 Å². The van der Waals surface area contributed by atoms with Crippen LogP contribution in [0.1, 0.15) is 192 Å². The minimum Gasteiger partial charge on any atom is -0.328 e. The predicted molar refractivity (Wildman–Crippen MR) is 352 cm³/mol. The number of benzene rings is 5. The summed E-state index contributed by atoms with van der Waals surface area (Å²) in [5.41, 5.74) is 4.65. The van der Waals surface area contributed by atoms with Gasteiger partial charge in [-0.3, -0.25) is 24.5 Å². The lowest BCUT2D eigenvalue weighted by Gasteiger charge is -2.29. The average molecular weight is 1070 g/mol. The maximum Gasteiger partial charge on any atom is 0.328 e. The maximum atomic E-state index is 12.8. The van der Waals surface area contributed by atoms with Crippen molar-refractivity contribution in [2.75, 3.05) is 70.8 Å². The summed E-state index contributed by atoms with van der Waals surface area (Å²) in [5.74, 6) is 0. The van der Waals surface area contributed by atoms with Crippen LogP contribution in [0, 0.1) is 0 Å². The predicted octanol–water partition coefficient (Wildman–Crippen LogP) is 21.7. The molecule has 0 saturated heterocycles. The van der Waals surface area contributed by atoms with Gasteiger partial charge in [0.05, 0.1) is 0 Å². The molecular formula is C68H120N6O3. The van der Waals surface area contributed by atoms with Crippen molar-refractivity contribution < 1.29 is 14.4 Å². The summed E-state index contributed by atoms with van der Waals surface area (Å²) < 4.78 is 0. The van der Waals surface area contributed by atoms with Crippen molar-refractivity contribution in [3.05, 3.63) is 152 Å². The van der Waals surface area contributed by atoms with E-state index < -0.39 is 0 Å². The van der Waals surface area contributed by atoms with E-state index in [4.69, 9.17) is 0 Å². The fraction of sp³-hybridized carbons (Fsp3) is 0.515. The molecular weight excluding hydrogens is 949 g/mol. The number of hydrogen-bond donors (Lipinski definition) is 0. The molecule has 0 saturated carbocycles. The molecule has 0 aromatic heterocycles. The molecule has 77 heavy (non-hydrogen) atoms. The Labute approximate surface area is 478 Å². The largest absolute Gasteiger partial charge is 0.328 e. The number of urea groups is 3. The van der Waals surface area contributed by atoms with E-state index >= 15 is 0 Å². The summed E-state index contributed by atoms with van der Waals surface area (Å²) in [6.45, 7) is 52.9. The van der Waals surface area contributed by atoms with Crippen LogP contribution >= 0.6 is 0 Å². The standard InChI is InChI=1S/2C17H20N2O.C12H18N2O.4C3H8.5C2H6/c2*1-3-18(15-11-7-5-8-12-15)17(20)19(4-2)16-13-9-6-10-14-16;1-4-13(3)12(15)14(5-2)11-9-7-6-8-10-11;4*1-3-2;5*1-2/h2*5-14H,3-4H2,1-2H3;6-10H,4-5H2,1-3H3;4*3H2,1-2H3;5*1-2H3. The Balaban J connectivity index is -0.000000161. The number of anilines is 5. The van der Waals surface area contributed by atoms with Crippen LogP contribution in [-0.4, -0.2) is 69.3 Å². The molecule has 0 radical (unpaired) electrons. The van der Waals surface area contributed by atoms with Crippen LogP contribution in [0.15, 0.2) is 152 Å². The smallest absolute Gasteiger partial charge is 0.328 e. The van der Waals surface area contributed by atoms with Gasteiger partial charge in [0.2, 0.25) is 0 Å². The minimum atomic E-state index is 0.00685. The number of carbonyl (C=O) groups excluding carboxylic acids is 3. The second-order valence-corrected chi connectivity index (χ2v) is 15.1. The lowest BCUT2D eigenvalue weighted by Crippen LogP contribution is -2.43. The molecule has 5 rings (SSSR count). The van der Waals surface area contributed by atoms with Gasteiger partial charge in [-0.05, 0) is 102 Å². The first kappa shape index (κ1) is 84.8. The Bertz CT molecular complexity index is 1680. The Morgan fingerprint density at radius 3 is 0.494 bits per heavy atom. The van der Waals surface area contributed by atoms with Crippen LogP contribution in [-0.2, 0) is 0 Å². The first-order valence-electron chi connectivity index (χ1n) is 29.9. The fourth-order valence-corrected chi connectivity index (χ4v) is 5.81. The molecule has 0 unspecified atom stereocenters. The second kappa shape index (κ2) is 66.0. The molecule has 0 fully saturated rings. The summed E-state index contributed by atoms with van der Waals surface area (Å²) in [6.07, 6.45) is 5.00. The zero-order chi connectivity index (χ0) is 60.8. The third kappa shape index (κ3) is 39.9. The maximum absolute atomic E-state index is 12.8. The van der Waals surface area contributed by atoms with Crippen molar-refractivity contribution in [3.63, 3.8) is 0 Å². The molecule has 0 N–H and O–H groups in total. The normalized spacial score (nSPS) is 8.48. The van der Waals surface area contributed by atoms with Crippen LogP contribution in [0.25, 0.3) is 0 Å². The van der Waals surface area contributed by atoms with Crippen molar-refractivity contribution in [2.24, 2.45) is 0 Å². The first-order valence-corrected chi connectivity index (χ1v) is 29.9. The van der Waals surface area contributed by atoms with Gasteiger partial charge in [0, 0.05) is 74.8 Å². The van der Waals surface area contributed by atoms with Gasteiger partial charge >= 0.3 is 18.1 Å². The van der Waals surface area contributed by atoms with Crippen LogP contribution in [0.3, 0.4) is 0 Å². The first-order chi connectivity index (χ1) is 37.4. The van der Waals surface area contributed by atoms with Crippen LogP contribution in [0.2, 0.25) is 0 Å². The molecule has 0 spiro atoms. The number of carbonyl (C=O) groups is 3. The van der Waals surface area contributed by atoms with Gasteiger partial charge < -0.3 is 4.90 Å². The molecule has 0 aliphatic carbocycles. The SMILES string of the molecule is CC.CC.CC.CC.CC.CCC.CCC.CCC.CCC.CCN(C(=O)N(CC)c1ccccc1)c1ccccc1.CCN(C(=O)N(CC)c1ccccc1)c1ccccc1.CCN(C)C(=O)N(CC)c1ccccc1. The van der Waals surface area contributed by atoms with E-state index in [-0.39, 0.29) is 18.1 Å². The van der Waals surface area contributed by atoms with Gasteiger partial charge in [-0.25, -0.2) is 14.4 Å². The van der Waals surface area contributed by atoms with Gasteiger partial charge in [-0.15, -0.1) is 0 Å². The molecule has 0 aliphatic rings. The number of rotatable bonds is 11. The Morgan fingerprint density at radius 2 is 0.377 bits per heavy atom. The lowest BCUT2D eigenvalue weighted by molar-refractivity contribution is 0.218. The Morgan fingerprint density at radius 1 is 0.247 bits per heavy atom. The third-order valence-corrected chi connectivity index (χ3v) is 8.88. The van der Waals surface area contributed by atoms with Gasteiger partial charge in [0.1, 0.15) is 0 Å². The van der Waals surface area contributed by atoms with E-state index in [1.54, 1.807) is 29.4 Å². The molecule has 6 amide bonds. The molecule has 0 atom stereocenters. The van der Waals surface area contributed by atoms with E-state index in [0.717, 1.165) is 35.0 Å².